The third-order valence-electron chi connectivity index (χ3n) is 4.18. The molecule has 3 nitrogen and oxygen atoms in total. The molecule has 25 heavy (non-hydrogen) atoms. The first-order valence-electron chi connectivity index (χ1n) is 8.55. The van der Waals surface area contributed by atoms with Gasteiger partial charge in [-0.2, -0.15) is 0 Å². The van der Waals surface area contributed by atoms with Crippen molar-refractivity contribution in [3.05, 3.63) is 60.2 Å². The van der Waals surface area contributed by atoms with Crippen molar-refractivity contribution in [2.24, 2.45) is 0 Å². The van der Waals surface area contributed by atoms with E-state index < -0.39 is 0 Å². The van der Waals surface area contributed by atoms with Crippen molar-refractivity contribution in [2.75, 3.05) is 44.5 Å². The summed E-state index contributed by atoms with van der Waals surface area (Å²) >= 11 is 6.06. The van der Waals surface area contributed by atoms with Gasteiger partial charge < -0.3 is 26.9 Å². The van der Waals surface area contributed by atoms with E-state index in [1.165, 1.54) is 5.56 Å². The minimum atomic E-state index is 0. The molecule has 2 aromatic carbocycles. The highest BCUT2D eigenvalue weighted by Crippen LogP contribution is 2.17. The lowest BCUT2D eigenvalue weighted by atomic mass is 10.2. The van der Waals surface area contributed by atoms with E-state index in [0.29, 0.717) is 12.5 Å². The molecule has 0 amide bonds. The Morgan fingerprint density at radius 3 is 2.28 bits per heavy atom. The van der Waals surface area contributed by atoms with Crippen molar-refractivity contribution in [1.82, 2.24) is 0 Å². The summed E-state index contributed by atoms with van der Waals surface area (Å²) in [5.41, 5.74) is 2.47. The van der Waals surface area contributed by atoms with Crippen molar-refractivity contribution in [3.63, 3.8) is 0 Å². The molecule has 0 fully saturated rings. The number of hydrogen-bond acceptors (Lipinski definition) is 2. The summed E-state index contributed by atoms with van der Waals surface area (Å²) in [6.45, 7) is 6.57. The van der Waals surface area contributed by atoms with Crippen molar-refractivity contribution >= 4 is 17.3 Å². The van der Waals surface area contributed by atoms with E-state index in [-0.39, 0.29) is 12.4 Å². The van der Waals surface area contributed by atoms with Crippen molar-refractivity contribution in [3.8, 4) is 5.75 Å². The number of alkyl halides is 1. The number of likely N-dealkylation sites (N-methyl/N-ethyl adjacent to an activating group) is 1. The number of halogens is 2. The van der Waals surface area contributed by atoms with E-state index in [9.17, 15) is 0 Å². The summed E-state index contributed by atoms with van der Waals surface area (Å²) in [7, 11) is 2.27. The van der Waals surface area contributed by atoms with Gasteiger partial charge in [0.15, 0.2) is 0 Å². The van der Waals surface area contributed by atoms with E-state index in [4.69, 9.17) is 16.3 Å². The normalized spacial score (nSPS) is 12.8. The zero-order chi connectivity index (χ0) is 17.3. The Kier molecular flexibility index (Phi) is 9.73. The molecule has 0 spiro atoms. The van der Waals surface area contributed by atoms with Crippen molar-refractivity contribution in [2.45, 2.75) is 13.5 Å². The predicted octanol–water partition coefficient (Wildman–Crippen LogP) is 1.39. The van der Waals surface area contributed by atoms with Gasteiger partial charge in [0, 0.05) is 11.3 Å². The van der Waals surface area contributed by atoms with Gasteiger partial charge in [-0.1, -0.05) is 18.2 Å². The maximum atomic E-state index is 6.06. The number of para-hydroxylation sites is 1. The number of rotatable bonds is 10. The smallest absolute Gasteiger partial charge is 0.119 e. The Hall–Kier alpha value is -1.42. The van der Waals surface area contributed by atoms with Crippen LogP contribution in [-0.2, 0) is 6.54 Å². The van der Waals surface area contributed by atoms with Crippen LogP contribution in [0.4, 0.5) is 5.69 Å². The SMILES string of the molecule is CCOc1ccc(C[N+](C)(CCCl)CCNc2ccccc2)cc1.[Cl-]. The largest absolute Gasteiger partial charge is 1.00 e. The number of benzene rings is 2. The van der Waals surface area contributed by atoms with Gasteiger partial charge in [-0.25, -0.2) is 0 Å². The number of quaternary nitrogens is 1. The number of anilines is 1. The summed E-state index contributed by atoms with van der Waals surface area (Å²) in [6, 6.07) is 18.7. The van der Waals surface area contributed by atoms with Crippen LogP contribution in [0, 0.1) is 0 Å². The molecule has 2 aromatic rings. The molecule has 0 aliphatic rings. The molecular weight excluding hydrogens is 355 g/mol. The van der Waals surface area contributed by atoms with Crippen LogP contribution in [0.1, 0.15) is 12.5 Å². The quantitative estimate of drug-likeness (QED) is 0.495. The Labute approximate surface area is 162 Å². The fourth-order valence-electron chi connectivity index (χ4n) is 2.80. The second-order valence-electron chi connectivity index (χ2n) is 6.28. The predicted molar refractivity (Wildman–Crippen MR) is 103 cm³/mol. The first-order chi connectivity index (χ1) is 11.6. The molecule has 0 aromatic heterocycles. The van der Waals surface area contributed by atoms with Gasteiger partial charge >= 0.3 is 0 Å². The lowest BCUT2D eigenvalue weighted by Gasteiger charge is -2.34. The van der Waals surface area contributed by atoms with Gasteiger partial charge in [-0.3, -0.25) is 0 Å². The Balaban J connectivity index is 0.00000312. The molecule has 1 N–H and O–H groups in total. The van der Waals surface area contributed by atoms with Gasteiger partial charge in [0.05, 0.1) is 39.2 Å². The monoisotopic (exact) mass is 382 g/mol. The number of hydrogen-bond donors (Lipinski definition) is 1. The van der Waals surface area contributed by atoms with Crippen LogP contribution in [0.3, 0.4) is 0 Å². The second kappa shape index (κ2) is 11.2. The summed E-state index contributed by atoms with van der Waals surface area (Å²) in [4.78, 5) is 0. The highest BCUT2D eigenvalue weighted by Gasteiger charge is 2.21. The summed E-state index contributed by atoms with van der Waals surface area (Å²) in [5.74, 6) is 1.59. The van der Waals surface area contributed by atoms with E-state index in [0.717, 1.165) is 42.1 Å². The molecule has 0 aliphatic heterocycles. The van der Waals surface area contributed by atoms with E-state index in [1.807, 2.05) is 25.1 Å². The molecule has 1 unspecified atom stereocenters. The molecule has 0 heterocycles. The molecular formula is C20H28Cl2N2O. The zero-order valence-electron chi connectivity index (χ0n) is 15.1. The lowest BCUT2D eigenvalue weighted by molar-refractivity contribution is -0.918. The van der Waals surface area contributed by atoms with Gasteiger partial charge in [-0.15, -0.1) is 11.6 Å². The number of nitrogens with zero attached hydrogens (tertiary/aromatic N) is 1. The third-order valence-corrected chi connectivity index (χ3v) is 4.35. The zero-order valence-corrected chi connectivity index (χ0v) is 16.6. The molecule has 0 saturated carbocycles. The molecule has 0 bridgehead atoms. The summed E-state index contributed by atoms with van der Waals surface area (Å²) in [5, 5.41) is 3.49. The van der Waals surface area contributed by atoms with E-state index >= 15 is 0 Å². The molecule has 138 valence electrons. The Morgan fingerprint density at radius 2 is 1.68 bits per heavy atom. The first-order valence-corrected chi connectivity index (χ1v) is 9.09. The molecule has 2 rings (SSSR count). The van der Waals surface area contributed by atoms with Gasteiger partial charge in [0.2, 0.25) is 0 Å². The standard InChI is InChI=1S/C20H28ClN2O.ClH/c1-3-24-20-11-9-18(10-12-20)17-23(2,15-13-21)16-14-22-19-7-5-4-6-8-19;/h4-12,22H,3,13-17H2,1-2H3;1H/q+1;/p-1. The molecule has 0 saturated heterocycles. The molecule has 1 atom stereocenters. The minimum absolute atomic E-state index is 0. The fraction of sp³-hybridized carbons (Fsp3) is 0.400. The van der Waals surface area contributed by atoms with Crippen LogP contribution in [0.2, 0.25) is 0 Å². The molecule has 5 heteroatoms. The van der Waals surface area contributed by atoms with Crippen LogP contribution < -0.4 is 22.5 Å². The van der Waals surface area contributed by atoms with Gasteiger partial charge in [0.25, 0.3) is 0 Å². The highest BCUT2D eigenvalue weighted by atomic mass is 35.5. The van der Waals surface area contributed by atoms with Gasteiger partial charge in [0.1, 0.15) is 12.3 Å². The van der Waals surface area contributed by atoms with Crippen LogP contribution in [-0.4, -0.2) is 43.7 Å². The van der Waals surface area contributed by atoms with Crippen LogP contribution in [0.5, 0.6) is 5.75 Å². The average Bonchev–Trinajstić information content (AvgIpc) is 2.58. The summed E-state index contributed by atoms with van der Waals surface area (Å²) < 4.78 is 6.43. The number of nitrogens with one attached hydrogen (secondary N) is 1. The Morgan fingerprint density at radius 1 is 1.00 bits per heavy atom. The maximum absolute atomic E-state index is 6.06. The van der Waals surface area contributed by atoms with Crippen molar-refractivity contribution < 1.29 is 21.6 Å². The highest BCUT2D eigenvalue weighted by molar-refractivity contribution is 6.17. The third kappa shape index (κ3) is 7.55. The maximum Gasteiger partial charge on any atom is 0.119 e. The van der Waals surface area contributed by atoms with Crippen LogP contribution in [0.15, 0.2) is 54.6 Å². The van der Waals surface area contributed by atoms with E-state index in [1.54, 1.807) is 0 Å². The fourth-order valence-corrected chi connectivity index (χ4v) is 3.21. The van der Waals surface area contributed by atoms with Gasteiger partial charge in [-0.05, 0) is 43.3 Å². The first kappa shape index (κ1) is 21.6. The van der Waals surface area contributed by atoms with Crippen LogP contribution >= 0.6 is 11.6 Å². The average molecular weight is 383 g/mol. The lowest BCUT2D eigenvalue weighted by Crippen LogP contribution is -3.00. The van der Waals surface area contributed by atoms with Crippen LogP contribution in [0.25, 0.3) is 0 Å². The summed E-state index contributed by atoms with van der Waals surface area (Å²) in [6.07, 6.45) is 0. The second-order valence-corrected chi connectivity index (χ2v) is 6.66. The topological polar surface area (TPSA) is 21.3 Å². The van der Waals surface area contributed by atoms with E-state index in [2.05, 4.69) is 48.8 Å². The molecule has 0 radical (unpaired) electrons. The minimum Gasteiger partial charge on any atom is -1.00 e. The molecule has 0 aliphatic carbocycles. The Bertz CT molecular complexity index is 592. The number of ether oxygens (including phenoxy) is 1. The van der Waals surface area contributed by atoms with Crippen molar-refractivity contribution in [1.29, 1.82) is 0 Å².